The van der Waals surface area contributed by atoms with Crippen LogP contribution in [-0.4, -0.2) is 18.4 Å². The van der Waals surface area contributed by atoms with Crippen LogP contribution in [0.25, 0.3) is 0 Å². The third kappa shape index (κ3) is 3.73. The molecule has 0 saturated heterocycles. The molecule has 0 aliphatic rings. The number of aryl methyl sites for hydroxylation is 1. The van der Waals surface area contributed by atoms with Gasteiger partial charge in [-0.15, -0.1) is 0 Å². The van der Waals surface area contributed by atoms with Gasteiger partial charge in [0.05, 0.1) is 23.0 Å². The summed E-state index contributed by atoms with van der Waals surface area (Å²) in [5.41, 5.74) is 1.36. The van der Waals surface area contributed by atoms with E-state index in [1.54, 1.807) is 12.1 Å². The van der Waals surface area contributed by atoms with Gasteiger partial charge in [0.25, 0.3) is 10.1 Å². The second-order valence-electron chi connectivity index (χ2n) is 3.86. The lowest BCUT2D eigenvalue weighted by Crippen LogP contribution is -2.07. The summed E-state index contributed by atoms with van der Waals surface area (Å²) in [5, 5.41) is 0.241. The fraction of sp³-hybridized carbons (Fsp3) is 0.167. The van der Waals surface area contributed by atoms with E-state index in [0.29, 0.717) is 5.69 Å². The summed E-state index contributed by atoms with van der Waals surface area (Å²) in [6, 6.07) is 6.41. The minimum atomic E-state index is -3.79. The van der Waals surface area contributed by atoms with Crippen molar-refractivity contribution in [3.8, 4) is 0 Å². The van der Waals surface area contributed by atoms with Crippen molar-refractivity contribution < 1.29 is 12.6 Å². The maximum atomic E-state index is 11.9. The molecule has 1 heterocycles. The fourth-order valence-electron chi connectivity index (χ4n) is 1.32. The van der Waals surface area contributed by atoms with Crippen molar-refractivity contribution in [3.63, 3.8) is 0 Å². The third-order valence-corrected chi connectivity index (χ3v) is 3.82. The van der Waals surface area contributed by atoms with Crippen LogP contribution in [0.5, 0.6) is 0 Å². The number of halogens is 1. The number of rotatable bonds is 4. The van der Waals surface area contributed by atoms with Crippen LogP contribution in [0.15, 0.2) is 41.6 Å². The van der Waals surface area contributed by atoms with Crippen molar-refractivity contribution >= 4 is 21.7 Å². The first kappa shape index (κ1) is 13.9. The van der Waals surface area contributed by atoms with Crippen LogP contribution in [0.1, 0.15) is 11.3 Å². The van der Waals surface area contributed by atoms with Crippen LogP contribution < -0.4 is 0 Å². The van der Waals surface area contributed by atoms with E-state index >= 15 is 0 Å². The Morgan fingerprint density at radius 1 is 1.16 bits per heavy atom. The van der Waals surface area contributed by atoms with E-state index in [-0.39, 0.29) is 16.7 Å². The Balaban J connectivity index is 2.09. The lowest BCUT2D eigenvalue weighted by molar-refractivity contribution is 0.303. The monoisotopic (exact) mass is 298 g/mol. The van der Waals surface area contributed by atoms with Gasteiger partial charge < -0.3 is 0 Å². The molecule has 2 aromatic rings. The largest absolute Gasteiger partial charge is 0.297 e. The van der Waals surface area contributed by atoms with Gasteiger partial charge in [0, 0.05) is 0 Å². The van der Waals surface area contributed by atoms with Crippen molar-refractivity contribution in [2.45, 2.75) is 18.4 Å². The Hall–Kier alpha value is -1.50. The molecule has 19 heavy (non-hydrogen) atoms. The van der Waals surface area contributed by atoms with Crippen LogP contribution in [-0.2, 0) is 20.9 Å². The molecule has 0 radical (unpaired) electrons. The summed E-state index contributed by atoms with van der Waals surface area (Å²) in [6.07, 6.45) is 2.70. The summed E-state index contributed by atoms with van der Waals surface area (Å²) in [6.45, 7) is 1.70. The molecular formula is C12H11ClN2O3S. The average molecular weight is 299 g/mol. The van der Waals surface area contributed by atoms with Crippen molar-refractivity contribution in [1.82, 2.24) is 9.97 Å². The molecule has 0 aliphatic carbocycles. The highest BCUT2D eigenvalue weighted by Gasteiger charge is 2.15. The molecule has 0 spiro atoms. The lowest BCUT2D eigenvalue weighted by Gasteiger charge is -2.05. The molecule has 100 valence electrons. The summed E-state index contributed by atoms with van der Waals surface area (Å²) < 4.78 is 28.7. The van der Waals surface area contributed by atoms with Crippen LogP contribution in [0, 0.1) is 6.92 Å². The summed E-state index contributed by atoms with van der Waals surface area (Å²) in [5.74, 6) is 0. The molecular weight excluding hydrogens is 288 g/mol. The smallest absolute Gasteiger partial charge is 0.260 e. The van der Waals surface area contributed by atoms with Gasteiger partial charge in [-0.25, -0.2) is 4.98 Å². The minimum Gasteiger partial charge on any atom is -0.260 e. The first-order valence-corrected chi connectivity index (χ1v) is 7.18. The maximum Gasteiger partial charge on any atom is 0.297 e. The predicted octanol–water partition coefficient (Wildman–Crippen LogP) is 2.34. The van der Waals surface area contributed by atoms with Gasteiger partial charge in [0.15, 0.2) is 0 Å². The summed E-state index contributed by atoms with van der Waals surface area (Å²) >= 11 is 5.58. The summed E-state index contributed by atoms with van der Waals surface area (Å²) in [4.78, 5) is 7.81. The van der Waals surface area contributed by atoms with E-state index in [9.17, 15) is 8.42 Å². The molecule has 1 aromatic heterocycles. The molecule has 0 unspecified atom stereocenters. The SMILES string of the molecule is Cc1ccc(S(=O)(=O)OCc2cnc(Cl)cn2)cc1. The molecule has 0 atom stereocenters. The van der Waals surface area contributed by atoms with E-state index in [1.165, 1.54) is 24.5 Å². The molecule has 0 bridgehead atoms. The van der Waals surface area contributed by atoms with Crippen LogP contribution in [0.4, 0.5) is 0 Å². The first-order valence-electron chi connectivity index (χ1n) is 5.40. The number of aromatic nitrogens is 2. The molecule has 0 aliphatic heterocycles. The van der Waals surface area contributed by atoms with E-state index in [4.69, 9.17) is 15.8 Å². The second-order valence-corrected chi connectivity index (χ2v) is 5.86. The maximum absolute atomic E-state index is 11.9. The molecule has 0 amide bonds. The van der Waals surface area contributed by atoms with Crippen LogP contribution in [0.2, 0.25) is 5.15 Å². The zero-order valence-electron chi connectivity index (χ0n) is 10.1. The van der Waals surface area contributed by atoms with E-state index in [1.807, 2.05) is 6.92 Å². The molecule has 5 nitrogen and oxygen atoms in total. The van der Waals surface area contributed by atoms with Gasteiger partial charge in [-0.05, 0) is 19.1 Å². The first-order chi connectivity index (χ1) is 8.97. The van der Waals surface area contributed by atoms with Gasteiger partial charge in [0.2, 0.25) is 0 Å². The quantitative estimate of drug-likeness (QED) is 0.810. The second kappa shape index (κ2) is 5.64. The average Bonchev–Trinajstić information content (AvgIpc) is 2.39. The van der Waals surface area contributed by atoms with Gasteiger partial charge in [-0.1, -0.05) is 29.3 Å². The van der Waals surface area contributed by atoms with Gasteiger partial charge in [-0.3, -0.25) is 9.17 Å². The standard InChI is InChI=1S/C12H11ClN2O3S/c1-9-2-4-11(5-3-9)19(16,17)18-8-10-6-15-12(13)7-14-10/h2-7H,8H2,1H3. The van der Waals surface area contributed by atoms with Crippen LogP contribution in [0.3, 0.4) is 0 Å². The van der Waals surface area contributed by atoms with Crippen molar-refractivity contribution in [2.24, 2.45) is 0 Å². The summed E-state index contributed by atoms with van der Waals surface area (Å²) in [7, 11) is -3.79. The molecule has 7 heteroatoms. The Morgan fingerprint density at radius 3 is 2.42 bits per heavy atom. The predicted molar refractivity (Wildman–Crippen MR) is 70.2 cm³/mol. The van der Waals surface area contributed by atoms with Gasteiger partial charge >= 0.3 is 0 Å². The highest BCUT2D eigenvalue weighted by molar-refractivity contribution is 7.86. The highest BCUT2D eigenvalue weighted by atomic mass is 35.5. The lowest BCUT2D eigenvalue weighted by atomic mass is 10.2. The van der Waals surface area contributed by atoms with Crippen molar-refractivity contribution in [2.75, 3.05) is 0 Å². The molecule has 0 fully saturated rings. The minimum absolute atomic E-state index is 0.111. The number of nitrogens with zero attached hydrogens (tertiary/aromatic N) is 2. The zero-order valence-corrected chi connectivity index (χ0v) is 11.6. The number of hydrogen-bond acceptors (Lipinski definition) is 5. The fourth-order valence-corrected chi connectivity index (χ4v) is 2.30. The normalized spacial score (nSPS) is 11.5. The van der Waals surface area contributed by atoms with E-state index < -0.39 is 10.1 Å². The Kier molecular flexibility index (Phi) is 4.14. The van der Waals surface area contributed by atoms with Gasteiger partial charge in [-0.2, -0.15) is 8.42 Å². The Labute approximate surface area is 116 Å². The van der Waals surface area contributed by atoms with Gasteiger partial charge in [0.1, 0.15) is 11.8 Å². The number of benzene rings is 1. The molecule has 2 rings (SSSR count). The zero-order chi connectivity index (χ0) is 13.9. The van der Waals surface area contributed by atoms with Crippen molar-refractivity contribution in [3.05, 3.63) is 53.1 Å². The van der Waals surface area contributed by atoms with Crippen LogP contribution >= 0.6 is 11.6 Å². The number of hydrogen-bond donors (Lipinski definition) is 0. The molecule has 0 saturated carbocycles. The van der Waals surface area contributed by atoms with E-state index in [2.05, 4.69) is 9.97 Å². The third-order valence-electron chi connectivity index (χ3n) is 2.35. The Bertz CT molecular complexity index is 654. The Morgan fingerprint density at radius 2 is 1.84 bits per heavy atom. The highest BCUT2D eigenvalue weighted by Crippen LogP contribution is 2.14. The molecule has 0 N–H and O–H groups in total. The van der Waals surface area contributed by atoms with E-state index in [0.717, 1.165) is 5.56 Å². The topological polar surface area (TPSA) is 69.2 Å². The van der Waals surface area contributed by atoms with Crippen molar-refractivity contribution in [1.29, 1.82) is 0 Å². The molecule has 1 aromatic carbocycles.